The quantitative estimate of drug-likeness (QED) is 0.722. The number of nitrogens with one attached hydrogen (secondary N) is 2. The topological polar surface area (TPSA) is 111 Å². The summed E-state index contributed by atoms with van der Waals surface area (Å²) in [7, 11) is 1.52. The Labute approximate surface area is 116 Å². The minimum Gasteiger partial charge on any atom is -0.467 e. The van der Waals surface area contributed by atoms with Crippen LogP contribution in [-0.2, 0) is 6.42 Å². The highest BCUT2D eigenvalue weighted by Gasteiger charge is 2.06. The van der Waals surface area contributed by atoms with E-state index >= 15 is 0 Å². The molecule has 0 aliphatic rings. The van der Waals surface area contributed by atoms with Crippen LogP contribution in [0.5, 0.6) is 6.01 Å². The van der Waals surface area contributed by atoms with Crippen molar-refractivity contribution in [2.24, 2.45) is 0 Å². The van der Waals surface area contributed by atoms with Crippen LogP contribution >= 0.6 is 0 Å². The summed E-state index contributed by atoms with van der Waals surface area (Å²) in [5.74, 6) is 1.48. The first-order chi connectivity index (χ1) is 9.81. The Morgan fingerprint density at radius 2 is 1.90 bits per heavy atom. The lowest BCUT2D eigenvalue weighted by molar-refractivity contribution is 0.378. The zero-order chi connectivity index (χ0) is 14.2. The molecule has 2 aromatic heterocycles. The Kier molecular flexibility index (Phi) is 5.04. The number of ether oxygens (including phenoxy) is 1. The average molecular weight is 279 g/mol. The van der Waals surface area contributed by atoms with Crippen LogP contribution in [0.3, 0.4) is 0 Å². The SMILES string of the molecule is CCCNc1nc(NCCc2ncno2)nc(OC)n1. The molecule has 9 nitrogen and oxygen atoms in total. The molecule has 0 saturated carbocycles. The van der Waals surface area contributed by atoms with Gasteiger partial charge in [0.25, 0.3) is 0 Å². The van der Waals surface area contributed by atoms with Gasteiger partial charge in [-0.05, 0) is 6.42 Å². The minimum absolute atomic E-state index is 0.263. The predicted molar refractivity (Wildman–Crippen MR) is 71.7 cm³/mol. The highest BCUT2D eigenvalue weighted by molar-refractivity contribution is 5.35. The summed E-state index contributed by atoms with van der Waals surface area (Å²) < 4.78 is 9.95. The zero-order valence-electron chi connectivity index (χ0n) is 11.5. The number of hydrogen-bond donors (Lipinski definition) is 2. The maximum absolute atomic E-state index is 5.04. The second-order valence-corrected chi connectivity index (χ2v) is 3.91. The fraction of sp³-hybridized carbons (Fsp3) is 0.545. The standard InChI is InChI=1S/C11H17N7O2/c1-3-5-12-9-16-10(18-11(17-9)19-2)13-6-4-8-14-7-15-20-8/h7H,3-6H2,1-2H3,(H2,12,13,16,17,18). The largest absolute Gasteiger partial charge is 0.467 e. The van der Waals surface area contributed by atoms with E-state index in [2.05, 4.69) is 42.6 Å². The average Bonchev–Trinajstić information content (AvgIpc) is 2.98. The van der Waals surface area contributed by atoms with Crippen molar-refractivity contribution >= 4 is 11.9 Å². The third-order valence-corrected chi connectivity index (χ3v) is 2.36. The highest BCUT2D eigenvalue weighted by atomic mass is 16.5. The molecular weight excluding hydrogens is 262 g/mol. The van der Waals surface area contributed by atoms with E-state index in [1.54, 1.807) is 0 Å². The molecule has 2 rings (SSSR count). The summed E-state index contributed by atoms with van der Waals surface area (Å²) in [4.78, 5) is 16.4. The molecule has 0 saturated heterocycles. The van der Waals surface area contributed by atoms with Gasteiger partial charge in [-0.2, -0.15) is 19.9 Å². The van der Waals surface area contributed by atoms with E-state index in [0.29, 0.717) is 30.8 Å². The Balaban J connectivity index is 1.94. The van der Waals surface area contributed by atoms with Crippen LogP contribution in [0.15, 0.2) is 10.9 Å². The summed E-state index contributed by atoms with van der Waals surface area (Å²) in [6.45, 7) is 3.42. The molecular formula is C11H17N7O2. The van der Waals surface area contributed by atoms with Gasteiger partial charge < -0.3 is 19.9 Å². The Bertz CT molecular complexity index is 517. The molecule has 0 amide bonds. The molecule has 0 radical (unpaired) electrons. The van der Waals surface area contributed by atoms with Crippen molar-refractivity contribution in [2.75, 3.05) is 30.8 Å². The molecule has 20 heavy (non-hydrogen) atoms. The fourth-order valence-corrected chi connectivity index (χ4v) is 1.43. The van der Waals surface area contributed by atoms with Gasteiger partial charge in [-0.15, -0.1) is 0 Å². The van der Waals surface area contributed by atoms with Gasteiger partial charge in [-0.1, -0.05) is 12.1 Å². The number of nitrogens with zero attached hydrogens (tertiary/aromatic N) is 5. The summed E-state index contributed by atoms with van der Waals surface area (Å²) in [6, 6.07) is 0.263. The van der Waals surface area contributed by atoms with E-state index in [0.717, 1.165) is 13.0 Å². The van der Waals surface area contributed by atoms with Gasteiger partial charge in [0, 0.05) is 19.5 Å². The van der Waals surface area contributed by atoms with Crippen LogP contribution in [0.1, 0.15) is 19.2 Å². The second-order valence-electron chi connectivity index (χ2n) is 3.91. The lowest BCUT2D eigenvalue weighted by Gasteiger charge is -2.08. The monoisotopic (exact) mass is 279 g/mol. The van der Waals surface area contributed by atoms with Crippen LogP contribution in [0.25, 0.3) is 0 Å². The predicted octanol–water partition coefficient (Wildman–Crippen LogP) is 0.740. The number of anilines is 2. The first-order valence-corrected chi connectivity index (χ1v) is 6.35. The molecule has 0 aromatic carbocycles. The van der Waals surface area contributed by atoms with Crippen LogP contribution < -0.4 is 15.4 Å². The number of hydrogen-bond acceptors (Lipinski definition) is 9. The number of aromatic nitrogens is 5. The molecule has 0 bridgehead atoms. The fourth-order valence-electron chi connectivity index (χ4n) is 1.43. The normalized spacial score (nSPS) is 10.3. The number of rotatable bonds is 8. The van der Waals surface area contributed by atoms with Gasteiger partial charge in [-0.25, -0.2) is 0 Å². The van der Waals surface area contributed by atoms with Crippen LogP contribution in [0.4, 0.5) is 11.9 Å². The smallest absolute Gasteiger partial charge is 0.322 e. The Morgan fingerprint density at radius 3 is 2.50 bits per heavy atom. The lowest BCUT2D eigenvalue weighted by atomic mass is 10.4. The molecule has 0 atom stereocenters. The van der Waals surface area contributed by atoms with E-state index in [4.69, 9.17) is 9.26 Å². The maximum Gasteiger partial charge on any atom is 0.322 e. The van der Waals surface area contributed by atoms with Gasteiger partial charge in [0.2, 0.25) is 17.8 Å². The van der Waals surface area contributed by atoms with Crippen LogP contribution in [0, 0.1) is 0 Å². The molecule has 2 aromatic rings. The van der Waals surface area contributed by atoms with Crippen molar-refractivity contribution in [3.8, 4) is 6.01 Å². The third-order valence-electron chi connectivity index (χ3n) is 2.36. The van der Waals surface area contributed by atoms with E-state index in [1.165, 1.54) is 13.4 Å². The Morgan fingerprint density at radius 1 is 1.15 bits per heavy atom. The molecule has 0 aliphatic carbocycles. The summed E-state index contributed by atoms with van der Waals surface area (Å²) in [5.41, 5.74) is 0. The van der Waals surface area contributed by atoms with Crippen LogP contribution in [0.2, 0.25) is 0 Å². The molecule has 2 heterocycles. The first-order valence-electron chi connectivity index (χ1n) is 6.35. The van der Waals surface area contributed by atoms with Gasteiger partial charge >= 0.3 is 6.01 Å². The molecule has 0 fully saturated rings. The van der Waals surface area contributed by atoms with E-state index in [9.17, 15) is 0 Å². The summed E-state index contributed by atoms with van der Waals surface area (Å²) in [5, 5.41) is 9.69. The van der Waals surface area contributed by atoms with E-state index in [-0.39, 0.29) is 6.01 Å². The highest BCUT2D eigenvalue weighted by Crippen LogP contribution is 2.10. The zero-order valence-corrected chi connectivity index (χ0v) is 11.5. The first kappa shape index (κ1) is 14.0. The van der Waals surface area contributed by atoms with Gasteiger partial charge in [0.1, 0.15) is 0 Å². The van der Waals surface area contributed by atoms with Gasteiger partial charge in [0.05, 0.1) is 7.11 Å². The summed E-state index contributed by atoms with van der Waals surface area (Å²) >= 11 is 0. The number of methoxy groups -OCH3 is 1. The van der Waals surface area contributed by atoms with Crippen molar-refractivity contribution < 1.29 is 9.26 Å². The van der Waals surface area contributed by atoms with Gasteiger partial charge in [0.15, 0.2) is 6.33 Å². The van der Waals surface area contributed by atoms with Crippen molar-refractivity contribution in [3.63, 3.8) is 0 Å². The minimum atomic E-state index is 0.263. The molecule has 0 aliphatic heterocycles. The molecule has 2 N–H and O–H groups in total. The molecule has 0 spiro atoms. The molecule has 0 unspecified atom stereocenters. The van der Waals surface area contributed by atoms with E-state index < -0.39 is 0 Å². The maximum atomic E-state index is 5.04. The van der Waals surface area contributed by atoms with Gasteiger partial charge in [-0.3, -0.25) is 0 Å². The second kappa shape index (κ2) is 7.22. The van der Waals surface area contributed by atoms with E-state index in [1.807, 2.05) is 0 Å². The molecule has 108 valence electrons. The molecule has 9 heteroatoms. The Hall–Kier alpha value is -2.45. The third kappa shape index (κ3) is 4.04. The lowest BCUT2D eigenvalue weighted by Crippen LogP contribution is -2.12. The van der Waals surface area contributed by atoms with Crippen LogP contribution in [-0.4, -0.2) is 45.3 Å². The van der Waals surface area contributed by atoms with Crippen molar-refractivity contribution in [2.45, 2.75) is 19.8 Å². The van der Waals surface area contributed by atoms with Crippen molar-refractivity contribution in [1.29, 1.82) is 0 Å². The van der Waals surface area contributed by atoms with Crippen molar-refractivity contribution in [1.82, 2.24) is 25.1 Å². The van der Waals surface area contributed by atoms with Crippen molar-refractivity contribution in [3.05, 3.63) is 12.2 Å². The summed E-state index contributed by atoms with van der Waals surface area (Å²) in [6.07, 6.45) is 2.94.